The molecule has 0 fully saturated rings. The van der Waals surface area contributed by atoms with Crippen LogP contribution >= 0.6 is 0 Å². The molecule has 2 N–H and O–H groups in total. The second kappa shape index (κ2) is 7.49. The number of carbonyl (C=O) groups is 1. The molecule has 1 atom stereocenters. The molecule has 1 aromatic heterocycles. The van der Waals surface area contributed by atoms with Crippen molar-refractivity contribution >= 4 is 17.5 Å². The molecular weight excluding hydrogens is 283 g/mol. The highest BCUT2D eigenvalue weighted by atomic mass is 19.1. The highest BCUT2D eigenvalue weighted by molar-refractivity contribution is 5.91. The molecule has 1 unspecified atom stereocenters. The Balaban J connectivity index is 1.91. The lowest BCUT2D eigenvalue weighted by atomic mass is 10.1. The quantitative estimate of drug-likeness (QED) is 0.861. The summed E-state index contributed by atoms with van der Waals surface area (Å²) >= 11 is 0. The van der Waals surface area contributed by atoms with Crippen molar-refractivity contribution in [1.82, 2.24) is 10.2 Å². The Labute approximate surface area is 129 Å². The van der Waals surface area contributed by atoms with Gasteiger partial charge in [0.2, 0.25) is 5.91 Å². The van der Waals surface area contributed by atoms with Gasteiger partial charge in [-0.3, -0.25) is 4.79 Å². The standard InChI is InChI=1S/C16H19FN4O/c1-3-11(2)18-14-7-8-15(21-20-14)19-16(22)10-12-5-4-6-13(17)9-12/h4-9,11H,3,10H2,1-2H3,(H,18,20)(H,19,21,22). The van der Waals surface area contributed by atoms with Crippen LogP contribution in [-0.4, -0.2) is 22.1 Å². The highest BCUT2D eigenvalue weighted by Crippen LogP contribution is 2.10. The maximum atomic E-state index is 13.1. The summed E-state index contributed by atoms with van der Waals surface area (Å²) < 4.78 is 13.1. The Bertz CT molecular complexity index is 630. The molecule has 116 valence electrons. The number of anilines is 2. The molecule has 1 amide bonds. The average molecular weight is 302 g/mol. The van der Waals surface area contributed by atoms with Crippen LogP contribution in [0.25, 0.3) is 0 Å². The van der Waals surface area contributed by atoms with E-state index in [9.17, 15) is 9.18 Å². The van der Waals surface area contributed by atoms with E-state index in [0.717, 1.165) is 6.42 Å². The number of amides is 1. The van der Waals surface area contributed by atoms with E-state index in [4.69, 9.17) is 0 Å². The molecule has 2 aromatic rings. The summed E-state index contributed by atoms with van der Waals surface area (Å²) in [5.41, 5.74) is 0.612. The van der Waals surface area contributed by atoms with Crippen LogP contribution in [0, 0.1) is 5.82 Å². The first-order valence-corrected chi connectivity index (χ1v) is 7.21. The number of nitrogens with one attached hydrogen (secondary N) is 2. The Morgan fingerprint density at radius 2 is 1.95 bits per heavy atom. The van der Waals surface area contributed by atoms with Gasteiger partial charge in [-0.15, -0.1) is 10.2 Å². The van der Waals surface area contributed by atoms with Gasteiger partial charge in [-0.05, 0) is 43.2 Å². The van der Waals surface area contributed by atoms with Gasteiger partial charge in [-0.1, -0.05) is 19.1 Å². The third-order valence-electron chi connectivity index (χ3n) is 3.19. The van der Waals surface area contributed by atoms with E-state index in [1.807, 2.05) is 0 Å². The Morgan fingerprint density at radius 1 is 1.23 bits per heavy atom. The highest BCUT2D eigenvalue weighted by Gasteiger charge is 2.07. The number of hydrogen-bond donors (Lipinski definition) is 2. The molecule has 0 saturated heterocycles. The lowest BCUT2D eigenvalue weighted by molar-refractivity contribution is -0.115. The first kappa shape index (κ1) is 15.9. The van der Waals surface area contributed by atoms with Gasteiger partial charge < -0.3 is 10.6 Å². The molecule has 0 aliphatic heterocycles. The molecule has 0 aliphatic rings. The Kier molecular flexibility index (Phi) is 5.41. The number of carbonyl (C=O) groups excluding carboxylic acids is 1. The number of hydrogen-bond acceptors (Lipinski definition) is 4. The smallest absolute Gasteiger partial charge is 0.229 e. The summed E-state index contributed by atoms with van der Waals surface area (Å²) in [6.45, 7) is 4.13. The van der Waals surface area contributed by atoms with E-state index in [1.54, 1.807) is 24.3 Å². The minimum Gasteiger partial charge on any atom is -0.366 e. The Hall–Kier alpha value is -2.50. The first-order valence-electron chi connectivity index (χ1n) is 7.21. The summed E-state index contributed by atoms with van der Waals surface area (Å²) in [7, 11) is 0. The lowest BCUT2D eigenvalue weighted by Gasteiger charge is -2.11. The Morgan fingerprint density at radius 3 is 2.59 bits per heavy atom. The molecular formula is C16H19FN4O. The predicted molar refractivity (Wildman–Crippen MR) is 84.1 cm³/mol. The van der Waals surface area contributed by atoms with Crippen molar-refractivity contribution in [2.45, 2.75) is 32.7 Å². The number of halogens is 1. The second-order valence-electron chi connectivity index (χ2n) is 5.11. The first-order chi connectivity index (χ1) is 10.6. The van der Waals surface area contributed by atoms with Crippen molar-refractivity contribution in [3.63, 3.8) is 0 Å². The topological polar surface area (TPSA) is 66.9 Å². The summed E-state index contributed by atoms with van der Waals surface area (Å²) in [5, 5.41) is 13.8. The van der Waals surface area contributed by atoms with Crippen molar-refractivity contribution < 1.29 is 9.18 Å². The zero-order valence-corrected chi connectivity index (χ0v) is 12.6. The molecule has 6 heteroatoms. The number of nitrogens with zero attached hydrogens (tertiary/aromatic N) is 2. The van der Waals surface area contributed by atoms with Gasteiger partial charge in [-0.25, -0.2) is 4.39 Å². The minimum absolute atomic E-state index is 0.0896. The zero-order valence-electron chi connectivity index (χ0n) is 12.6. The molecule has 5 nitrogen and oxygen atoms in total. The maximum absolute atomic E-state index is 13.1. The SMILES string of the molecule is CCC(C)Nc1ccc(NC(=O)Cc2cccc(F)c2)nn1. The molecule has 0 spiro atoms. The fourth-order valence-electron chi connectivity index (χ4n) is 1.85. The lowest BCUT2D eigenvalue weighted by Crippen LogP contribution is -2.17. The van der Waals surface area contributed by atoms with E-state index in [0.29, 0.717) is 23.2 Å². The fraction of sp³-hybridized carbons (Fsp3) is 0.312. The van der Waals surface area contributed by atoms with E-state index >= 15 is 0 Å². The van der Waals surface area contributed by atoms with Gasteiger partial charge in [0.05, 0.1) is 6.42 Å². The molecule has 0 radical (unpaired) electrons. The van der Waals surface area contributed by atoms with Gasteiger partial charge in [0, 0.05) is 6.04 Å². The van der Waals surface area contributed by atoms with Crippen molar-refractivity contribution in [3.05, 3.63) is 47.8 Å². The van der Waals surface area contributed by atoms with Gasteiger partial charge in [-0.2, -0.15) is 0 Å². The summed E-state index contributed by atoms with van der Waals surface area (Å²) in [5.74, 6) is 0.418. The molecule has 2 rings (SSSR count). The normalized spacial score (nSPS) is 11.8. The molecule has 0 bridgehead atoms. The summed E-state index contributed by atoms with van der Waals surface area (Å²) in [4.78, 5) is 11.9. The predicted octanol–water partition coefficient (Wildman–Crippen LogP) is 3.01. The van der Waals surface area contributed by atoms with E-state index in [1.165, 1.54) is 12.1 Å². The molecule has 0 saturated carbocycles. The van der Waals surface area contributed by atoms with E-state index in [2.05, 4.69) is 34.7 Å². The largest absolute Gasteiger partial charge is 0.366 e. The van der Waals surface area contributed by atoms with Crippen LogP contribution in [0.3, 0.4) is 0 Å². The number of aromatic nitrogens is 2. The third kappa shape index (κ3) is 4.80. The molecule has 0 aliphatic carbocycles. The van der Waals surface area contributed by atoms with Crippen LogP contribution in [-0.2, 0) is 11.2 Å². The summed E-state index contributed by atoms with van der Waals surface area (Å²) in [6, 6.07) is 9.71. The van der Waals surface area contributed by atoms with Crippen LogP contribution in [0.4, 0.5) is 16.0 Å². The summed E-state index contributed by atoms with van der Waals surface area (Å²) in [6.07, 6.45) is 1.07. The zero-order chi connectivity index (χ0) is 15.9. The van der Waals surface area contributed by atoms with Crippen LogP contribution in [0.1, 0.15) is 25.8 Å². The van der Waals surface area contributed by atoms with E-state index < -0.39 is 0 Å². The molecule has 1 aromatic carbocycles. The maximum Gasteiger partial charge on any atom is 0.229 e. The van der Waals surface area contributed by atoms with Crippen LogP contribution < -0.4 is 10.6 Å². The van der Waals surface area contributed by atoms with E-state index in [-0.39, 0.29) is 18.1 Å². The number of rotatable bonds is 6. The monoisotopic (exact) mass is 302 g/mol. The van der Waals surface area contributed by atoms with Crippen molar-refractivity contribution in [1.29, 1.82) is 0 Å². The van der Waals surface area contributed by atoms with Crippen molar-refractivity contribution in [2.24, 2.45) is 0 Å². The molecule has 1 heterocycles. The van der Waals surface area contributed by atoms with Gasteiger partial charge >= 0.3 is 0 Å². The van der Waals surface area contributed by atoms with Crippen LogP contribution in [0.5, 0.6) is 0 Å². The second-order valence-corrected chi connectivity index (χ2v) is 5.11. The van der Waals surface area contributed by atoms with Crippen LogP contribution in [0.15, 0.2) is 36.4 Å². The fourth-order valence-corrected chi connectivity index (χ4v) is 1.85. The van der Waals surface area contributed by atoms with Gasteiger partial charge in [0.1, 0.15) is 11.6 Å². The average Bonchev–Trinajstić information content (AvgIpc) is 2.49. The minimum atomic E-state index is -0.356. The van der Waals surface area contributed by atoms with Gasteiger partial charge in [0.25, 0.3) is 0 Å². The van der Waals surface area contributed by atoms with Crippen molar-refractivity contribution in [3.8, 4) is 0 Å². The van der Waals surface area contributed by atoms with Gasteiger partial charge in [0.15, 0.2) is 5.82 Å². The van der Waals surface area contributed by atoms with Crippen molar-refractivity contribution in [2.75, 3.05) is 10.6 Å². The van der Waals surface area contributed by atoms with Crippen LogP contribution in [0.2, 0.25) is 0 Å². The third-order valence-corrected chi connectivity index (χ3v) is 3.19. The molecule has 22 heavy (non-hydrogen) atoms. The number of benzene rings is 1.